The molecule has 54 heavy (non-hydrogen) atoms. The first-order valence-corrected chi connectivity index (χ1v) is 19.2. The van der Waals surface area contributed by atoms with Crippen LogP contribution in [0.4, 0.5) is 0 Å². The van der Waals surface area contributed by atoms with Gasteiger partial charge in [0.15, 0.2) is 0 Å². The summed E-state index contributed by atoms with van der Waals surface area (Å²) in [6, 6.07) is 20.3. The van der Waals surface area contributed by atoms with Crippen molar-refractivity contribution in [3.05, 3.63) is 102 Å². The molecule has 8 heteroatoms. The van der Waals surface area contributed by atoms with E-state index in [9.17, 15) is 14.4 Å². The van der Waals surface area contributed by atoms with Gasteiger partial charge >= 0.3 is 17.9 Å². The van der Waals surface area contributed by atoms with Gasteiger partial charge in [-0.3, -0.25) is 0 Å². The Hall–Kier alpha value is -5.31. The average molecular weight is 735 g/mol. The second kappa shape index (κ2) is 27.3. The molecule has 3 aromatic rings. The first-order valence-electron chi connectivity index (χ1n) is 19.2. The van der Waals surface area contributed by atoms with Gasteiger partial charge in [-0.2, -0.15) is 0 Å². The Bertz CT molecular complexity index is 1670. The quantitative estimate of drug-likeness (QED) is 0.0295. The number of hydrogen-bond donors (Lipinski definition) is 0. The number of benzene rings is 3. The third kappa shape index (κ3) is 19.5. The molecule has 0 aromatic heterocycles. The summed E-state index contributed by atoms with van der Waals surface area (Å²) in [5.74, 6) is 11.1. The van der Waals surface area contributed by atoms with Gasteiger partial charge < -0.3 is 23.7 Å². The van der Waals surface area contributed by atoms with Crippen LogP contribution in [0.2, 0.25) is 0 Å². The predicted octanol–water partition coefficient (Wildman–Crippen LogP) is 9.82. The van der Waals surface area contributed by atoms with E-state index < -0.39 is 11.9 Å². The molecule has 0 saturated heterocycles. The Morgan fingerprint density at radius 1 is 0.593 bits per heavy atom. The minimum atomic E-state index is -0.705. The van der Waals surface area contributed by atoms with E-state index in [1.54, 1.807) is 48.5 Å². The summed E-state index contributed by atoms with van der Waals surface area (Å²) in [6.45, 7) is 7.81. The molecular formula is C46H54O8. The number of carbonyl (C=O) groups excluding carboxylic acids is 3. The maximum absolute atomic E-state index is 12.6. The van der Waals surface area contributed by atoms with Crippen LogP contribution in [0, 0.1) is 23.7 Å². The van der Waals surface area contributed by atoms with E-state index in [0.29, 0.717) is 36.7 Å². The van der Waals surface area contributed by atoms with E-state index in [4.69, 9.17) is 23.7 Å². The first kappa shape index (κ1) is 43.1. The van der Waals surface area contributed by atoms with Crippen molar-refractivity contribution in [1.29, 1.82) is 0 Å². The van der Waals surface area contributed by atoms with Crippen molar-refractivity contribution in [3.8, 4) is 40.9 Å². The zero-order chi connectivity index (χ0) is 38.5. The Kier molecular flexibility index (Phi) is 21.8. The average Bonchev–Trinajstić information content (AvgIpc) is 3.19. The summed E-state index contributed by atoms with van der Waals surface area (Å²) in [6.07, 6.45) is 17.3. The molecule has 286 valence electrons. The van der Waals surface area contributed by atoms with E-state index in [0.717, 1.165) is 56.4 Å². The number of ether oxygens (including phenoxy) is 5. The summed E-state index contributed by atoms with van der Waals surface area (Å²) < 4.78 is 27.2. The standard InChI is InChI=1S/C46H54O8/c1-3-5-6-12-15-34-50-35-18-19-38-20-25-40(26-21-38)46(49)54-43-31-29-42(30-32-43)53-45(48)33-24-39-22-27-41(28-23-39)51-36-16-13-10-8-7-9-11-14-17-37-52-44(47)4-2/h4,20-23,25-32H,2-3,5-17,34-37H2,1H3. The van der Waals surface area contributed by atoms with Gasteiger partial charge in [0.05, 0.1) is 18.8 Å². The highest BCUT2D eigenvalue weighted by molar-refractivity contribution is 5.92. The molecule has 0 amide bonds. The van der Waals surface area contributed by atoms with Crippen LogP contribution in [-0.2, 0) is 19.1 Å². The monoisotopic (exact) mass is 734 g/mol. The van der Waals surface area contributed by atoms with Crippen molar-refractivity contribution in [2.75, 3.05) is 26.4 Å². The minimum absolute atomic E-state index is 0.280. The minimum Gasteiger partial charge on any atom is -0.494 e. The third-order valence-electron chi connectivity index (χ3n) is 8.30. The van der Waals surface area contributed by atoms with Crippen molar-refractivity contribution < 1.29 is 38.1 Å². The second-order valence-corrected chi connectivity index (χ2v) is 12.8. The van der Waals surface area contributed by atoms with Crippen LogP contribution in [-0.4, -0.2) is 44.3 Å². The summed E-state index contributed by atoms with van der Waals surface area (Å²) in [5, 5.41) is 0. The van der Waals surface area contributed by atoms with Gasteiger partial charge in [0.2, 0.25) is 0 Å². The predicted molar refractivity (Wildman–Crippen MR) is 211 cm³/mol. The summed E-state index contributed by atoms with van der Waals surface area (Å²) in [5.41, 5.74) is 1.84. The molecule has 0 N–H and O–H groups in total. The van der Waals surface area contributed by atoms with Gasteiger partial charge in [0.1, 0.15) is 23.9 Å². The molecule has 0 fully saturated rings. The van der Waals surface area contributed by atoms with Crippen LogP contribution < -0.4 is 14.2 Å². The number of carbonyl (C=O) groups is 3. The fraction of sp³-hybridized carbons (Fsp3) is 0.413. The second-order valence-electron chi connectivity index (χ2n) is 12.8. The van der Waals surface area contributed by atoms with Crippen LogP contribution >= 0.6 is 0 Å². The lowest BCUT2D eigenvalue weighted by atomic mass is 10.1. The van der Waals surface area contributed by atoms with Crippen LogP contribution in [0.3, 0.4) is 0 Å². The highest BCUT2D eigenvalue weighted by atomic mass is 16.5. The molecule has 3 aromatic carbocycles. The van der Waals surface area contributed by atoms with E-state index in [2.05, 4.69) is 37.2 Å². The van der Waals surface area contributed by atoms with Crippen molar-refractivity contribution in [2.24, 2.45) is 0 Å². The molecule has 3 rings (SSSR count). The molecule has 0 atom stereocenters. The maximum atomic E-state index is 12.6. The molecule has 0 aliphatic heterocycles. The van der Waals surface area contributed by atoms with Gasteiger partial charge in [0, 0.05) is 29.7 Å². The Labute approximate surface area is 321 Å². The maximum Gasteiger partial charge on any atom is 0.390 e. The first-order chi connectivity index (χ1) is 26.5. The Morgan fingerprint density at radius 2 is 1.11 bits per heavy atom. The number of rotatable bonds is 24. The molecule has 0 spiro atoms. The van der Waals surface area contributed by atoms with Crippen LogP contribution in [0.25, 0.3) is 0 Å². The summed E-state index contributed by atoms with van der Waals surface area (Å²) >= 11 is 0. The van der Waals surface area contributed by atoms with E-state index in [1.807, 2.05) is 12.1 Å². The van der Waals surface area contributed by atoms with Crippen LogP contribution in [0.5, 0.6) is 17.2 Å². The molecule has 0 saturated carbocycles. The molecule has 0 heterocycles. The van der Waals surface area contributed by atoms with E-state index >= 15 is 0 Å². The largest absolute Gasteiger partial charge is 0.494 e. The van der Waals surface area contributed by atoms with Gasteiger partial charge in [0.25, 0.3) is 0 Å². The molecule has 8 nitrogen and oxygen atoms in total. The zero-order valence-electron chi connectivity index (χ0n) is 31.7. The van der Waals surface area contributed by atoms with Crippen molar-refractivity contribution in [2.45, 2.75) is 96.8 Å². The normalized spacial score (nSPS) is 10.2. The molecule has 0 radical (unpaired) electrons. The molecule has 0 aliphatic rings. The van der Waals surface area contributed by atoms with Crippen molar-refractivity contribution in [1.82, 2.24) is 0 Å². The molecule has 0 aliphatic carbocycles. The Balaban J connectivity index is 1.27. The fourth-order valence-corrected chi connectivity index (χ4v) is 5.25. The van der Waals surface area contributed by atoms with Crippen LogP contribution in [0.1, 0.15) is 118 Å². The van der Waals surface area contributed by atoms with Gasteiger partial charge in [-0.1, -0.05) is 102 Å². The van der Waals surface area contributed by atoms with Crippen molar-refractivity contribution >= 4 is 17.9 Å². The summed E-state index contributed by atoms with van der Waals surface area (Å²) in [4.78, 5) is 35.9. The molecule has 0 unspecified atom stereocenters. The van der Waals surface area contributed by atoms with E-state index in [1.165, 1.54) is 69.6 Å². The van der Waals surface area contributed by atoms with E-state index in [-0.39, 0.29) is 11.7 Å². The smallest absolute Gasteiger partial charge is 0.390 e. The number of hydrogen-bond acceptors (Lipinski definition) is 8. The topological polar surface area (TPSA) is 97.4 Å². The zero-order valence-corrected chi connectivity index (χ0v) is 31.7. The van der Waals surface area contributed by atoms with Gasteiger partial charge in [-0.25, -0.2) is 14.4 Å². The lowest BCUT2D eigenvalue weighted by Gasteiger charge is -2.06. The highest BCUT2D eigenvalue weighted by Gasteiger charge is 2.09. The molecular weight excluding hydrogens is 680 g/mol. The SMILES string of the molecule is C=CC(=O)OCCCCCCCCCCCOc1ccc(C#CC(=O)Oc2ccc(OC(=O)c3ccc(C#CCOCCCCCCC)cc3)cc2)cc1. The number of unbranched alkanes of at least 4 members (excludes halogenated alkanes) is 12. The summed E-state index contributed by atoms with van der Waals surface area (Å²) in [7, 11) is 0. The number of esters is 3. The third-order valence-corrected chi connectivity index (χ3v) is 8.30. The highest BCUT2D eigenvalue weighted by Crippen LogP contribution is 2.19. The van der Waals surface area contributed by atoms with Crippen molar-refractivity contribution in [3.63, 3.8) is 0 Å². The lowest BCUT2D eigenvalue weighted by Crippen LogP contribution is -2.08. The lowest BCUT2D eigenvalue weighted by molar-refractivity contribution is -0.137. The van der Waals surface area contributed by atoms with Gasteiger partial charge in [-0.15, -0.1) is 0 Å². The molecule has 0 bridgehead atoms. The van der Waals surface area contributed by atoms with Gasteiger partial charge in [-0.05, 0) is 92.1 Å². The fourth-order valence-electron chi connectivity index (χ4n) is 5.25. The Morgan fingerprint density at radius 3 is 1.74 bits per heavy atom. The van der Waals surface area contributed by atoms with Crippen LogP contribution in [0.15, 0.2) is 85.5 Å².